The van der Waals surface area contributed by atoms with Crippen LogP contribution in [0.4, 0.5) is 11.6 Å². The zero-order valence-electron chi connectivity index (χ0n) is 16.5. The molecule has 3 heterocycles. The molecule has 0 radical (unpaired) electrons. The van der Waals surface area contributed by atoms with Crippen molar-refractivity contribution in [3.05, 3.63) is 47.8 Å². The highest BCUT2D eigenvalue weighted by atomic mass is 15.3. The van der Waals surface area contributed by atoms with Crippen LogP contribution >= 0.6 is 0 Å². The topological polar surface area (TPSA) is 38.7 Å². The van der Waals surface area contributed by atoms with Gasteiger partial charge in [0.05, 0.1) is 0 Å². The Kier molecular flexibility index (Phi) is 5.55. The van der Waals surface area contributed by atoms with Crippen LogP contribution < -0.4 is 9.80 Å². The predicted octanol–water partition coefficient (Wildman–Crippen LogP) is 1.86. The molecule has 2 aromatic rings. The standard InChI is InChI=1S/C21H30N6/c1-18-22-20(26-12-8-24(2)9-13-26)16-21(23-18)27-14-10-25(11-15-27)17-19-6-4-3-5-7-19/h3-7,16H,8-15,17H2,1-2H3. The van der Waals surface area contributed by atoms with E-state index >= 15 is 0 Å². The molecule has 0 saturated carbocycles. The highest BCUT2D eigenvalue weighted by Crippen LogP contribution is 2.22. The van der Waals surface area contributed by atoms with Crippen LogP contribution in [0.15, 0.2) is 36.4 Å². The van der Waals surface area contributed by atoms with Gasteiger partial charge in [0, 0.05) is 65.0 Å². The van der Waals surface area contributed by atoms with Crippen molar-refractivity contribution >= 4 is 11.6 Å². The average Bonchev–Trinajstić information content (AvgIpc) is 2.69. The fraction of sp³-hybridized carbons (Fsp3) is 0.524. The zero-order chi connectivity index (χ0) is 18.6. The molecule has 2 aliphatic heterocycles. The van der Waals surface area contributed by atoms with E-state index in [1.54, 1.807) is 0 Å². The maximum absolute atomic E-state index is 4.74. The van der Waals surface area contributed by atoms with Crippen molar-refractivity contribution in [2.75, 3.05) is 69.2 Å². The highest BCUT2D eigenvalue weighted by Gasteiger charge is 2.21. The third kappa shape index (κ3) is 4.57. The third-order valence-electron chi connectivity index (χ3n) is 5.58. The van der Waals surface area contributed by atoms with Gasteiger partial charge in [0.25, 0.3) is 0 Å². The summed E-state index contributed by atoms with van der Waals surface area (Å²) < 4.78 is 0. The van der Waals surface area contributed by atoms with Gasteiger partial charge in [0.15, 0.2) is 0 Å². The normalized spacial score (nSPS) is 19.5. The van der Waals surface area contributed by atoms with Gasteiger partial charge in [-0.25, -0.2) is 9.97 Å². The lowest BCUT2D eigenvalue weighted by atomic mass is 10.2. The van der Waals surface area contributed by atoms with Gasteiger partial charge in [-0.1, -0.05) is 30.3 Å². The Hall–Kier alpha value is -2.18. The Labute approximate surface area is 162 Å². The lowest BCUT2D eigenvalue weighted by Gasteiger charge is -2.36. The van der Waals surface area contributed by atoms with E-state index in [1.165, 1.54) is 5.56 Å². The number of aromatic nitrogens is 2. The van der Waals surface area contributed by atoms with Crippen molar-refractivity contribution in [1.82, 2.24) is 19.8 Å². The van der Waals surface area contributed by atoms with Crippen LogP contribution in [0.5, 0.6) is 0 Å². The molecule has 0 spiro atoms. The summed E-state index contributed by atoms with van der Waals surface area (Å²) in [6.07, 6.45) is 0. The molecule has 2 aliphatic rings. The van der Waals surface area contributed by atoms with Crippen LogP contribution in [0.1, 0.15) is 11.4 Å². The number of rotatable bonds is 4. The summed E-state index contributed by atoms with van der Waals surface area (Å²) in [5.74, 6) is 3.03. The first-order chi connectivity index (χ1) is 13.2. The minimum Gasteiger partial charge on any atom is -0.354 e. The van der Waals surface area contributed by atoms with Gasteiger partial charge in [-0.2, -0.15) is 0 Å². The summed E-state index contributed by atoms with van der Waals surface area (Å²) in [6, 6.07) is 12.9. The van der Waals surface area contributed by atoms with Gasteiger partial charge in [-0.05, 0) is 19.5 Å². The number of piperazine rings is 2. The first-order valence-electron chi connectivity index (χ1n) is 9.98. The third-order valence-corrected chi connectivity index (χ3v) is 5.58. The Balaban J connectivity index is 1.39. The van der Waals surface area contributed by atoms with Crippen molar-refractivity contribution in [3.63, 3.8) is 0 Å². The summed E-state index contributed by atoms with van der Waals surface area (Å²) in [5, 5.41) is 0. The maximum Gasteiger partial charge on any atom is 0.134 e. The number of aryl methyl sites for hydroxylation is 1. The Morgan fingerprint density at radius 1 is 0.778 bits per heavy atom. The van der Waals surface area contributed by atoms with Crippen LogP contribution in [0.2, 0.25) is 0 Å². The monoisotopic (exact) mass is 366 g/mol. The molecule has 27 heavy (non-hydrogen) atoms. The van der Waals surface area contributed by atoms with Gasteiger partial charge >= 0.3 is 0 Å². The summed E-state index contributed by atoms with van der Waals surface area (Å²) >= 11 is 0. The lowest BCUT2D eigenvalue weighted by molar-refractivity contribution is 0.249. The van der Waals surface area contributed by atoms with E-state index in [9.17, 15) is 0 Å². The molecule has 2 saturated heterocycles. The Morgan fingerprint density at radius 3 is 1.93 bits per heavy atom. The molecule has 0 unspecified atom stereocenters. The summed E-state index contributed by atoms with van der Waals surface area (Å²) in [4.78, 5) is 19.1. The first kappa shape index (κ1) is 18.2. The van der Waals surface area contributed by atoms with Crippen LogP contribution in [0.25, 0.3) is 0 Å². The fourth-order valence-corrected chi connectivity index (χ4v) is 3.87. The minimum atomic E-state index is 0.869. The quantitative estimate of drug-likeness (QED) is 0.822. The number of hydrogen-bond donors (Lipinski definition) is 0. The SMILES string of the molecule is Cc1nc(N2CCN(C)CC2)cc(N2CCN(Cc3ccccc3)CC2)n1. The van der Waals surface area contributed by atoms with E-state index < -0.39 is 0 Å². The number of nitrogens with zero attached hydrogens (tertiary/aromatic N) is 6. The van der Waals surface area contributed by atoms with Crippen molar-refractivity contribution < 1.29 is 0 Å². The molecular weight excluding hydrogens is 336 g/mol. The van der Waals surface area contributed by atoms with Crippen molar-refractivity contribution in [3.8, 4) is 0 Å². The molecule has 6 nitrogen and oxygen atoms in total. The van der Waals surface area contributed by atoms with Gasteiger partial charge in [0.2, 0.25) is 0 Å². The molecular formula is C21H30N6. The fourth-order valence-electron chi connectivity index (χ4n) is 3.87. The molecule has 1 aromatic heterocycles. The van der Waals surface area contributed by atoms with E-state index in [2.05, 4.69) is 63.0 Å². The molecule has 1 aromatic carbocycles. The molecule has 0 N–H and O–H groups in total. The van der Waals surface area contributed by atoms with Crippen molar-refractivity contribution in [2.45, 2.75) is 13.5 Å². The second-order valence-corrected chi connectivity index (χ2v) is 7.67. The summed E-state index contributed by atoms with van der Waals surface area (Å²) in [7, 11) is 2.18. The second-order valence-electron chi connectivity index (χ2n) is 7.67. The van der Waals surface area contributed by atoms with Gasteiger partial charge in [-0.3, -0.25) is 4.90 Å². The molecule has 0 amide bonds. The molecule has 2 fully saturated rings. The number of anilines is 2. The highest BCUT2D eigenvalue weighted by molar-refractivity contribution is 5.51. The maximum atomic E-state index is 4.74. The summed E-state index contributed by atoms with van der Waals surface area (Å²) in [5.41, 5.74) is 1.39. The largest absolute Gasteiger partial charge is 0.354 e. The number of benzene rings is 1. The molecule has 0 atom stereocenters. The van der Waals surface area contributed by atoms with Crippen LogP contribution in [-0.4, -0.2) is 79.2 Å². The molecule has 6 heteroatoms. The van der Waals surface area contributed by atoms with Gasteiger partial charge in [0.1, 0.15) is 17.5 Å². The second kappa shape index (κ2) is 8.23. The Morgan fingerprint density at radius 2 is 1.33 bits per heavy atom. The van der Waals surface area contributed by atoms with E-state index in [0.29, 0.717) is 0 Å². The van der Waals surface area contributed by atoms with E-state index in [1.807, 2.05) is 6.92 Å². The first-order valence-corrected chi connectivity index (χ1v) is 9.98. The smallest absolute Gasteiger partial charge is 0.134 e. The molecule has 144 valence electrons. The Bertz CT molecular complexity index is 734. The minimum absolute atomic E-state index is 0.869. The molecule has 0 bridgehead atoms. The van der Waals surface area contributed by atoms with Crippen LogP contribution in [0, 0.1) is 6.92 Å². The van der Waals surface area contributed by atoms with Gasteiger partial charge in [-0.15, -0.1) is 0 Å². The number of hydrogen-bond acceptors (Lipinski definition) is 6. The van der Waals surface area contributed by atoms with Crippen molar-refractivity contribution in [2.24, 2.45) is 0 Å². The van der Waals surface area contributed by atoms with Crippen molar-refractivity contribution in [1.29, 1.82) is 0 Å². The van der Waals surface area contributed by atoms with Crippen LogP contribution in [-0.2, 0) is 6.54 Å². The molecule has 0 aliphatic carbocycles. The predicted molar refractivity (Wildman–Crippen MR) is 110 cm³/mol. The number of likely N-dealkylation sites (N-methyl/N-ethyl adjacent to an activating group) is 1. The average molecular weight is 367 g/mol. The van der Waals surface area contributed by atoms with E-state index in [0.717, 1.165) is 76.4 Å². The summed E-state index contributed by atoms with van der Waals surface area (Å²) in [6.45, 7) is 11.5. The molecule has 4 rings (SSSR count). The van der Waals surface area contributed by atoms with Gasteiger partial charge < -0.3 is 14.7 Å². The van der Waals surface area contributed by atoms with Crippen LogP contribution in [0.3, 0.4) is 0 Å². The zero-order valence-corrected chi connectivity index (χ0v) is 16.5. The van der Waals surface area contributed by atoms with E-state index in [4.69, 9.17) is 9.97 Å². The van der Waals surface area contributed by atoms with E-state index in [-0.39, 0.29) is 0 Å². The lowest BCUT2D eigenvalue weighted by Crippen LogP contribution is -2.47.